The molecule has 3 rings (SSSR count). The van der Waals surface area contributed by atoms with E-state index in [9.17, 15) is 9.90 Å². The molecule has 152 valence electrons. The van der Waals surface area contributed by atoms with Crippen molar-refractivity contribution in [3.8, 4) is 0 Å². The molecular formula is C20H35N5O2. The van der Waals surface area contributed by atoms with Crippen molar-refractivity contribution in [2.45, 2.75) is 65.8 Å². The maximum Gasteiger partial charge on any atom is 0.227 e. The first-order valence-corrected chi connectivity index (χ1v) is 10.4. The van der Waals surface area contributed by atoms with E-state index in [2.05, 4.69) is 47.4 Å². The van der Waals surface area contributed by atoms with Crippen molar-refractivity contribution in [1.29, 1.82) is 0 Å². The summed E-state index contributed by atoms with van der Waals surface area (Å²) in [5, 5.41) is 18.9. The fraction of sp³-hybridized carbons (Fsp3) is 0.850. The van der Waals surface area contributed by atoms with Crippen LogP contribution >= 0.6 is 0 Å². The lowest BCUT2D eigenvalue weighted by molar-refractivity contribution is -0.128. The number of anilines is 1. The van der Waals surface area contributed by atoms with E-state index >= 15 is 0 Å². The number of aliphatic hydroxyl groups excluding tert-OH is 1. The third-order valence-corrected chi connectivity index (χ3v) is 5.74. The molecule has 27 heavy (non-hydrogen) atoms. The second kappa shape index (κ2) is 8.17. The van der Waals surface area contributed by atoms with Crippen molar-refractivity contribution >= 4 is 11.9 Å². The smallest absolute Gasteiger partial charge is 0.227 e. The van der Waals surface area contributed by atoms with Crippen LogP contribution in [0.2, 0.25) is 0 Å². The number of hydrogen-bond donors (Lipinski definition) is 1. The number of carbonyl (C=O) groups is 1. The molecule has 3 heterocycles. The lowest BCUT2D eigenvalue weighted by Crippen LogP contribution is -2.32. The van der Waals surface area contributed by atoms with Crippen molar-refractivity contribution in [2.75, 3.05) is 37.7 Å². The van der Waals surface area contributed by atoms with Gasteiger partial charge in [0.05, 0.1) is 6.61 Å². The van der Waals surface area contributed by atoms with Gasteiger partial charge in [-0.2, -0.15) is 0 Å². The van der Waals surface area contributed by atoms with Gasteiger partial charge in [-0.05, 0) is 37.5 Å². The number of aliphatic hydroxyl groups is 1. The normalized spacial score (nSPS) is 22.1. The molecular weight excluding hydrogens is 342 g/mol. The van der Waals surface area contributed by atoms with Crippen molar-refractivity contribution in [1.82, 2.24) is 19.7 Å². The number of nitrogens with zero attached hydrogens (tertiary/aromatic N) is 5. The number of carbonyl (C=O) groups excluding carboxylic acids is 1. The first-order valence-electron chi connectivity index (χ1n) is 10.4. The highest BCUT2D eigenvalue weighted by Gasteiger charge is 2.32. The summed E-state index contributed by atoms with van der Waals surface area (Å²) in [6.07, 6.45) is 3.67. The van der Waals surface area contributed by atoms with Gasteiger partial charge in [0.1, 0.15) is 5.82 Å². The number of aromatic nitrogens is 3. The van der Waals surface area contributed by atoms with E-state index in [1.165, 1.54) is 0 Å². The molecule has 0 aromatic carbocycles. The Morgan fingerprint density at radius 3 is 2.63 bits per heavy atom. The molecule has 0 bridgehead atoms. The van der Waals surface area contributed by atoms with Crippen LogP contribution in [0.5, 0.6) is 0 Å². The van der Waals surface area contributed by atoms with Crippen LogP contribution in [0.25, 0.3) is 0 Å². The zero-order chi connectivity index (χ0) is 19.6. The molecule has 2 saturated heterocycles. The zero-order valence-corrected chi connectivity index (χ0v) is 17.3. The average molecular weight is 378 g/mol. The summed E-state index contributed by atoms with van der Waals surface area (Å²) in [6.45, 7) is 13.2. The predicted molar refractivity (Wildman–Crippen MR) is 106 cm³/mol. The van der Waals surface area contributed by atoms with Crippen molar-refractivity contribution in [3.63, 3.8) is 0 Å². The first-order chi connectivity index (χ1) is 12.8. The van der Waals surface area contributed by atoms with Crippen LogP contribution in [0, 0.1) is 11.3 Å². The summed E-state index contributed by atoms with van der Waals surface area (Å²) in [4.78, 5) is 16.2. The Morgan fingerprint density at radius 1 is 1.26 bits per heavy atom. The maximum atomic E-state index is 11.9. The van der Waals surface area contributed by atoms with Crippen LogP contribution in [0.3, 0.4) is 0 Å². The maximum absolute atomic E-state index is 11.9. The Balaban J connectivity index is 1.70. The van der Waals surface area contributed by atoms with E-state index in [4.69, 9.17) is 0 Å². The molecule has 1 N–H and O–H groups in total. The number of amides is 1. The molecule has 2 fully saturated rings. The Kier molecular flexibility index (Phi) is 6.08. The SMILES string of the molecule is CCn1c(C(CO)CC(C)(C)C)nnc1N1CCC(CN2CCCC2=O)C1. The van der Waals surface area contributed by atoms with Gasteiger partial charge < -0.3 is 14.9 Å². The van der Waals surface area contributed by atoms with Crippen LogP contribution in [0.15, 0.2) is 0 Å². The molecule has 2 unspecified atom stereocenters. The largest absolute Gasteiger partial charge is 0.396 e. The van der Waals surface area contributed by atoms with Crippen LogP contribution in [-0.2, 0) is 11.3 Å². The van der Waals surface area contributed by atoms with Gasteiger partial charge in [0.2, 0.25) is 11.9 Å². The van der Waals surface area contributed by atoms with Crippen molar-refractivity contribution in [3.05, 3.63) is 5.82 Å². The Bertz CT molecular complexity index is 651. The third-order valence-electron chi connectivity index (χ3n) is 5.74. The van der Waals surface area contributed by atoms with Crippen LogP contribution < -0.4 is 4.90 Å². The molecule has 0 saturated carbocycles. The summed E-state index contributed by atoms with van der Waals surface area (Å²) in [5.74, 6) is 2.62. The molecule has 1 aromatic rings. The highest BCUT2D eigenvalue weighted by molar-refractivity contribution is 5.78. The minimum absolute atomic E-state index is 0.00632. The van der Waals surface area contributed by atoms with E-state index in [1.54, 1.807) is 0 Å². The summed E-state index contributed by atoms with van der Waals surface area (Å²) in [5.41, 5.74) is 0.124. The van der Waals surface area contributed by atoms with E-state index in [-0.39, 0.29) is 17.9 Å². The molecule has 1 amide bonds. The number of likely N-dealkylation sites (tertiary alicyclic amines) is 1. The molecule has 0 spiro atoms. The lowest BCUT2D eigenvalue weighted by atomic mass is 9.84. The van der Waals surface area contributed by atoms with Gasteiger partial charge >= 0.3 is 0 Å². The molecule has 2 aliphatic heterocycles. The second-order valence-electron chi connectivity index (χ2n) is 9.29. The van der Waals surface area contributed by atoms with Crippen molar-refractivity contribution < 1.29 is 9.90 Å². The average Bonchev–Trinajstić information content (AvgIpc) is 3.32. The van der Waals surface area contributed by atoms with Gasteiger partial charge in [-0.3, -0.25) is 9.36 Å². The number of rotatable bonds is 7. The van der Waals surface area contributed by atoms with Crippen molar-refractivity contribution in [2.24, 2.45) is 11.3 Å². The van der Waals surface area contributed by atoms with Gasteiger partial charge in [-0.25, -0.2) is 0 Å². The summed E-state index contributed by atoms with van der Waals surface area (Å²) in [7, 11) is 0. The van der Waals surface area contributed by atoms with Gasteiger partial charge in [-0.1, -0.05) is 20.8 Å². The van der Waals surface area contributed by atoms with Gasteiger partial charge in [0.25, 0.3) is 0 Å². The summed E-state index contributed by atoms with van der Waals surface area (Å²) >= 11 is 0. The predicted octanol–water partition coefficient (Wildman–Crippen LogP) is 2.26. The highest BCUT2D eigenvalue weighted by Crippen LogP contribution is 2.32. The van der Waals surface area contributed by atoms with E-state index in [1.807, 2.05) is 4.90 Å². The van der Waals surface area contributed by atoms with Gasteiger partial charge in [-0.15, -0.1) is 10.2 Å². The fourth-order valence-corrected chi connectivity index (χ4v) is 4.49. The Morgan fingerprint density at radius 2 is 2.04 bits per heavy atom. The van der Waals surface area contributed by atoms with E-state index < -0.39 is 0 Å². The Labute approximate surface area is 162 Å². The molecule has 7 nitrogen and oxygen atoms in total. The lowest BCUT2D eigenvalue weighted by Gasteiger charge is -2.25. The summed E-state index contributed by atoms with van der Waals surface area (Å²) < 4.78 is 2.16. The topological polar surface area (TPSA) is 74.5 Å². The van der Waals surface area contributed by atoms with E-state index in [0.717, 1.165) is 63.8 Å². The molecule has 0 radical (unpaired) electrons. The van der Waals surface area contributed by atoms with E-state index in [0.29, 0.717) is 18.2 Å². The zero-order valence-electron chi connectivity index (χ0n) is 17.3. The minimum atomic E-state index is 0.00632. The van der Waals surface area contributed by atoms with Gasteiger partial charge in [0, 0.05) is 45.1 Å². The molecule has 1 aromatic heterocycles. The second-order valence-corrected chi connectivity index (χ2v) is 9.29. The fourth-order valence-electron chi connectivity index (χ4n) is 4.49. The molecule has 7 heteroatoms. The Hall–Kier alpha value is -1.63. The highest BCUT2D eigenvalue weighted by atomic mass is 16.3. The summed E-state index contributed by atoms with van der Waals surface area (Å²) in [6, 6.07) is 0. The molecule has 2 atom stereocenters. The quantitative estimate of drug-likeness (QED) is 0.789. The minimum Gasteiger partial charge on any atom is -0.396 e. The van der Waals surface area contributed by atoms with Gasteiger partial charge in [0.15, 0.2) is 0 Å². The van der Waals surface area contributed by atoms with Crippen LogP contribution in [0.1, 0.15) is 65.1 Å². The van der Waals surface area contributed by atoms with Crippen LogP contribution in [-0.4, -0.2) is 63.5 Å². The molecule has 0 aliphatic carbocycles. The third kappa shape index (κ3) is 4.62. The van der Waals surface area contributed by atoms with Crippen LogP contribution in [0.4, 0.5) is 5.95 Å². The first kappa shape index (κ1) is 20.1. The monoisotopic (exact) mass is 377 g/mol. The number of hydrogen-bond acceptors (Lipinski definition) is 5. The molecule has 2 aliphatic rings. The standard InChI is InChI=1S/C20H35N5O2/c1-5-25-18(16(14-26)11-20(2,3)4)21-22-19(25)24-10-8-15(13-24)12-23-9-6-7-17(23)27/h15-16,26H,5-14H2,1-4H3.